The largest absolute Gasteiger partial charge is 0.382 e. The monoisotopic (exact) mass is 253 g/mol. The van der Waals surface area contributed by atoms with Crippen LogP contribution < -0.4 is 5.32 Å². The maximum Gasteiger partial charge on any atom is 0.160 e. The third kappa shape index (κ3) is 2.21. The summed E-state index contributed by atoms with van der Waals surface area (Å²) in [6, 6.07) is 4.26. The Morgan fingerprint density at radius 3 is 2.72 bits per heavy atom. The lowest BCUT2D eigenvalue weighted by molar-refractivity contribution is -0.130. The molecule has 18 heavy (non-hydrogen) atoms. The summed E-state index contributed by atoms with van der Waals surface area (Å²) < 4.78 is 31.8. The van der Waals surface area contributed by atoms with Crippen molar-refractivity contribution in [2.45, 2.75) is 43.7 Å². The van der Waals surface area contributed by atoms with Crippen LogP contribution in [0.4, 0.5) is 14.5 Å². The number of halogens is 2. The Kier molecular flexibility index (Phi) is 2.98. The first-order chi connectivity index (χ1) is 8.67. The molecular weight excluding hydrogens is 236 g/mol. The van der Waals surface area contributed by atoms with Gasteiger partial charge >= 0.3 is 0 Å². The van der Waals surface area contributed by atoms with E-state index in [1.165, 1.54) is 12.5 Å². The van der Waals surface area contributed by atoms with Crippen LogP contribution in [0.25, 0.3) is 0 Å². The number of rotatable bonds is 2. The highest BCUT2D eigenvalue weighted by molar-refractivity contribution is 5.44. The third-order valence-electron chi connectivity index (χ3n) is 4.05. The van der Waals surface area contributed by atoms with E-state index in [1.54, 1.807) is 6.07 Å². The van der Waals surface area contributed by atoms with Gasteiger partial charge in [-0.15, -0.1) is 0 Å². The Labute approximate surface area is 105 Å². The predicted molar refractivity (Wildman–Crippen MR) is 65.5 cm³/mol. The molecule has 98 valence electrons. The summed E-state index contributed by atoms with van der Waals surface area (Å²) in [6.07, 6.45) is 5.37. The van der Waals surface area contributed by atoms with Gasteiger partial charge in [-0.25, -0.2) is 8.78 Å². The fourth-order valence-corrected chi connectivity index (χ4v) is 2.89. The molecule has 1 aliphatic heterocycles. The molecule has 0 radical (unpaired) electrons. The van der Waals surface area contributed by atoms with E-state index >= 15 is 0 Å². The van der Waals surface area contributed by atoms with Crippen LogP contribution in [0.5, 0.6) is 0 Å². The van der Waals surface area contributed by atoms with Gasteiger partial charge in [0.1, 0.15) is 0 Å². The molecule has 1 atom stereocenters. The van der Waals surface area contributed by atoms with E-state index in [2.05, 4.69) is 5.32 Å². The number of ether oxygens (including phenoxy) is 1. The molecule has 2 nitrogen and oxygen atoms in total. The molecule has 1 N–H and O–H groups in total. The molecule has 1 heterocycles. The van der Waals surface area contributed by atoms with Crippen molar-refractivity contribution in [1.82, 2.24) is 0 Å². The Balaban J connectivity index is 1.66. The van der Waals surface area contributed by atoms with E-state index < -0.39 is 11.6 Å². The lowest BCUT2D eigenvalue weighted by atomic mass is 9.74. The van der Waals surface area contributed by atoms with Gasteiger partial charge in [-0.3, -0.25) is 0 Å². The smallest absolute Gasteiger partial charge is 0.160 e. The molecular formula is C14H17F2NO. The molecule has 1 saturated heterocycles. The molecule has 1 aromatic rings. The number of hydrogen-bond acceptors (Lipinski definition) is 2. The van der Waals surface area contributed by atoms with Crippen LogP contribution in [-0.2, 0) is 4.74 Å². The van der Waals surface area contributed by atoms with Crippen molar-refractivity contribution in [3.05, 3.63) is 29.8 Å². The van der Waals surface area contributed by atoms with Crippen molar-refractivity contribution < 1.29 is 13.5 Å². The molecule has 1 saturated carbocycles. The van der Waals surface area contributed by atoms with Crippen LogP contribution in [0.15, 0.2) is 18.2 Å². The minimum absolute atomic E-state index is 0.0640. The Hall–Kier alpha value is -1.16. The Bertz CT molecular complexity index is 445. The summed E-state index contributed by atoms with van der Waals surface area (Å²) in [6.45, 7) is 0.751. The van der Waals surface area contributed by atoms with Crippen molar-refractivity contribution in [3.8, 4) is 0 Å². The average molecular weight is 253 g/mol. The molecule has 0 amide bonds. The zero-order valence-corrected chi connectivity index (χ0v) is 10.2. The molecule has 2 aliphatic rings. The van der Waals surface area contributed by atoms with E-state index in [9.17, 15) is 8.78 Å². The average Bonchev–Trinajstić information content (AvgIpc) is 2.32. The van der Waals surface area contributed by atoms with Crippen molar-refractivity contribution >= 4 is 5.69 Å². The molecule has 1 unspecified atom stereocenters. The fourth-order valence-electron chi connectivity index (χ4n) is 2.89. The summed E-state index contributed by atoms with van der Waals surface area (Å²) in [5.74, 6) is -1.60. The number of anilines is 1. The van der Waals surface area contributed by atoms with Crippen LogP contribution in [-0.4, -0.2) is 18.2 Å². The molecule has 3 rings (SSSR count). The van der Waals surface area contributed by atoms with E-state index in [0.29, 0.717) is 11.7 Å². The van der Waals surface area contributed by atoms with Crippen molar-refractivity contribution in [2.24, 2.45) is 0 Å². The van der Waals surface area contributed by atoms with E-state index in [0.717, 1.165) is 38.4 Å². The summed E-state index contributed by atoms with van der Waals surface area (Å²) in [5.41, 5.74) is 0.712. The molecule has 4 heteroatoms. The summed E-state index contributed by atoms with van der Waals surface area (Å²) in [7, 11) is 0. The fraction of sp³-hybridized carbons (Fsp3) is 0.571. The Morgan fingerprint density at radius 1 is 1.22 bits per heavy atom. The van der Waals surface area contributed by atoms with Crippen LogP contribution in [0.1, 0.15) is 32.1 Å². The second-order valence-corrected chi connectivity index (χ2v) is 5.35. The van der Waals surface area contributed by atoms with E-state index in [-0.39, 0.29) is 5.60 Å². The summed E-state index contributed by atoms with van der Waals surface area (Å²) in [5, 5.41) is 3.29. The molecule has 0 aromatic heterocycles. The molecule has 0 bridgehead atoms. The zero-order chi connectivity index (χ0) is 12.6. The second kappa shape index (κ2) is 4.50. The SMILES string of the molecule is Fc1ccc(NC2CCOC3(CCC3)C2)cc1F. The normalized spacial score (nSPS) is 25.8. The quantitative estimate of drug-likeness (QED) is 0.871. The molecule has 2 fully saturated rings. The predicted octanol–water partition coefficient (Wildman–Crippen LogP) is 3.48. The van der Waals surface area contributed by atoms with Gasteiger partial charge in [0.25, 0.3) is 0 Å². The van der Waals surface area contributed by atoms with E-state index in [4.69, 9.17) is 4.74 Å². The van der Waals surface area contributed by atoms with Crippen LogP contribution in [0, 0.1) is 11.6 Å². The second-order valence-electron chi connectivity index (χ2n) is 5.35. The highest BCUT2D eigenvalue weighted by atomic mass is 19.2. The summed E-state index contributed by atoms with van der Waals surface area (Å²) in [4.78, 5) is 0. The van der Waals surface area contributed by atoms with Crippen molar-refractivity contribution in [2.75, 3.05) is 11.9 Å². The van der Waals surface area contributed by atoms with Crippen LogP contribution >= 0.6 is 0 Å². The minimum atomic E-state index is -0.803. The van der Waals surface area contributed by atoms with Gasteiger partial charge in [-0.1, -0.05) is 0 Å². The standard InChI is InChI=1S/C14H17F2NO/c15-12-3-2-10(8-13(12)16)17-11-4-7-18-14(9-11)5-1-6-14/h2-3,8,11,17H,1,4-7,9H2. The minimum Gasteiger partial charge on any atom is -0.382 e. The lowest BCUT2D eigenvalue weighted by Crippen LogP contribution is -2.49. The maximum absolute atomic E-state index is 13.1. The first-order valence-electron chi connectivity index (χ1n) is 6.52. The van der Waals surface area contributed by atoms with Gasteiger partial charge in [0, 0.05) is 24.4 Å². The molecule has 1 aliphatic carbocycles. The number of nitrogens with one attached hydrogen (secondary N) is 1. The van der Waals surface area contributed by atoms with Gasteiger partial charge < -0.3 is 10.1 Å². The number of benzene rings is 1. The third-order valence-corrected chi connectivity index (χ3v) is 4.05. The summed E-state index contributed by atoms with van der Waals surface area (Å²) >= 11 is 0. The highest BCUT2D eigenvalue weighted by Gasteiger charge is 2.42. The molecule has 1 spiro atoms. The van der Waals surface area contributed by atoms with Crippen molar-refractivity contribution in [3.63, 3.8) is 0 Å². The topological polar surface area (TPSA) is 21.3 Å². The van der Waals surface area contributed by atoms with Crippen LogP contribution in [0.2, 0.25) is 0 Å². The Morgan fingerprint density at radius 2 is 2.06 bits per heavy atom. The maximum atomic E-state index is 13.1. The first kappa shape index (κ1) is 11.9. The molecule has 1 aromatic carbocycles. The number of hydrogen-bond donors (Lipinski definition) is 1. The van der Waals surface area contributed by atoms with Crippen molar-refractivity contribution in [1.29, 1.82) is 0 Å². The van der Waals surface area contributed by atoms with Gasteiger partial charge in [0.15, 0.2) is 11.6 Å². The van der Waals surface area contributed by atoms with Gasteiger partial charge in [0.05, 0.1) is 5.60 Å². The highest BCUT2D eigenvalue weighted by Crippen LogP contribution is 2.42. The first-order valence-corrected chi connectivity index (χ1v) is 6.52. The van der Waals surface area contributed by atoms with Gasteiger partial charge in [0.2, 0.25) is 0 Å². The van der Waals surface area contributed by atoms with E-state index in [1.807, 2.05) is 0 Å². The van der Waals surface area contributed by atoms with Crippen LogP contribution in [0.3, 0.4) is 0 Å². The zero-order valence-electron chi connectivity index (χ0n) is 10.2. The van der Waals surface area contributed by atoms with Gasteiger partial charge in [-0.05, 0) is 44.2 Å². The lowest BCUT2D eigenvalue weighted by Gasteiger charge is -2.47. The van der Waals surface area contributed by atoms with Gasteiger partial charge in [-0.2, -0.15) is 0 Å².